The molecular formula is C19H19ClN4O2. The highest BCUT2D eigenvalue weighted by atomic mass is 35.5. The Balaban J connectivity index is 1.94. The number of hydrogen-bond donors (Lipinski definition) is 0. The second-order valence-electron chi connectivity index (χ2n) is 6.18. The van der Waals surface area contributed by atoms with Crippen molar-refractivity contribution in [2.75, 3.05) is 24.6 Å². The van der Waals surface area contributed by atoms with E-state index in [4.69, 9.17) is 16.3 Å². The van der Waals surface area contributed by atoms with Crippen LogP contribution in [0.25, 0.3) is 16.8 Å². The number of ether oxygens (including phenoxy) is 1. The highest BCUT2D eigenvalue weighted by molar-refractivity contribution is 6.33. The Morgan fingerprint density at radius 3 is 2.69 bits per heavy atom. The van der Waals surface area contributed by atoms with Gasteiger partial charge in [-0.05, 0) is 25.8 Å². The summed E-state index contributed by atoms with van der Waals surface area (Å²) in [5, 5.41) is 5.11. The Labute approximate surface area is 156 Å². The number of nitrogens with zero attached hydrogens (tertiary/aromatic N) is 4. The fourth-order valence-corrected chi connectivity index (χ4v) is 3.61. The van der Waals surface area contributed by atoms with Crippen LogP contribution in [0, 0.1) is 0 Å². The molecule has 1 fully saturated rings. The topological polar surface area (TPSA) is 59.7 Å². The molecule has 6 nitrogen and oxygen atoms in total. The Morgan fingerprint density at radius 2 is 1.96 bits per heavy atom. The fourth-order valence-electron chi connectivity index (χ4n) is 3.37. The van der Waals surface area contributed by atoms with E-state index < -0.39 is 5.97 Å². The second-order valence-corrected chi connectivity index (χ2v) is 6.59. The molecule has 1 aliphatic rings. The highest BCUT2D eigenvalue weighted by Gasteiger charge is 2.25. The lowest BCUT2D eigenvalue weighted by molar-refractivity contribution is 0.0528. The molecule has 26 heavy (non-hydrogen) atoms. The van der Waals surface area contributed by atoms with Crippen molar-refractivity contribution < 1.29 is 9.53 Å². The molecule has 0 atom stereocenters. The van der Waals surface area contributed by atoms with Crippen molar-refractivity contribution in [2.45, 2.75) is 19.8 Å². The molecule has 1 aliphatic heterocycles. The van der Waals surface area contributed by atoms with Gasteiger partial charge in [0.05, 0.1) is 12.8 Å². The Morgan fingerprint density at radius 1 is 1.19 bits per heavy atom. The zero-order chi connectivity index (χ0) is 18.1. The zero-order valence-electron chi connectivity index (χ0n) is 14.5. The third-order valence-corrected chi connectivity index (χ3v) is 4.90. The van der Waals surface area contributed by atoms with Crippen LogP contribution in [0.5, 0.6) is 0 Å². The minimum atomic E-state index is -0.409. The van der Waals surface area contributed by atoms with Crippen LogP contribution in [0.3, 0.4) is 0 Å². The summed E-state index contributed by atoms with van der Waals surface area (Å²) in [6, 6.07) is 7.69. The number of esters is 1. The van der Waals surface area contributed by atoms with Crippen LogP contribution >= 0.6 is 11.6 Å². The van der Waals surface area contributed by atoms with Gasteiger partial charge in [0, 0.05) is 35.4 Å². The number of rotatable bonds is 4. The van der Waals surface area contributed by atoms with Gasteiger partial charge in [-0.1, -0.05) is 29.8 Å². The van der Waals surface area contributed by atoms with E-state index >= 15 is 0 Å². The van der Waals surface area contributed by atoms with Gasteiger partial charge >= 0.3 is 5.97 Å². The van der Waals surface area contributed by atoms with Gasteiger partial charge in [-0.15, -0.1) is 0 Å². The van der Waals surface area contributed by atoms with Gasteiger partial charge in [0.15, 0.2) is 5.65 Å². The summed E-state index contributed by atoms with van der Waals surface area (Å²) in [6.45, 7) is 3.96. The predicted octanol–water partition coefficient (Wildman–Crippen LogP) is 3.83. The fraction of sp³-hybridized carbons (Fsp3) is 0.316. The third-order valence-electron chi connectivity index (χ3n) is 4.57. The highest BCUT2D eigenvalue weighted by Crippen LogP contribution is 2.36. The summed E-state index contributed by atoms with van der Waals surface area (Å²) in [5.41, 5.74) is 2.68. The zero-order valence-corrected chi connectivity index (χ0v) is 15.2. The number of aromatic nitrogens is 3. The van der Waals surface area contributed by atoms with Gasteiger partial charge in [0.1, 0.15) is 11.4 Å². The predicted molar refractivity (Wildman–Crippen MR) is 101 cm³/mol. The molecule has 134 valence electrons. The Kier molecular flexibility index (Phi) is 4.51. The molecule has 0 spiro atoms. The minimum Gasteiger partial charge on any atom is -0.462 e. The van der Waals surface area contributed by atoms with Crippen molar-refractivity contribution in [3.05, 3.63) is 47.2 Å². The SMILES string of the molecule is CCOC(=O)c1cnn2c(N3CCCC3)c(-c3ccccc3Cl)cnc12. The molecule has 0 radical (unpaired) electrons. The third kappa shape index (κ3) is 2.80. The van der Waals surface area contributed by atoms with Crippen LogP contribution in [0.15, 0.2) is 36.7 Å². The largest absolute Gasteiger partial charge is 0.462 e. The molecule has 7 heteroatoms. The van der Waals surface area contributed by atoms with Crippen LogP contribution in [0.4, 0.5) is 5.82 Å². The van der Waals surface area contributed by atoms with Crippen LogP contribution in [0.1, 0.15) is 30.1 Å². The average molecular weight is 371 g/mol. The number of hydrogen-bond acceptors (Lipinski definition) is 5. The first-order valence-corrected chi connectivity index (χ1v) is 9.12. The smallest absolute Gasteiger partial charge is 0.343 e. The lowest BCUT2D eigenvalue weighted by atomic mass is 10.1. The minimum absolute atomic E-state index is 0.312. The van der Waals surface area contributed by atoms with E-state index in [0.29, 0.717) is 22.8 Å². The first-order chi connectivity index (χ1) is 12.7. The molecule has 0 aliphatic carbocycles. The second kappa shape index (κ2) is 6.96. The van der Waals surface area contributed by atoms with Gasteiger partial charge in [-0.25, -0.2) is 9.78 Å². The number of fused-ring (bicyclic) bond motifs is 1. The van der Waals surface area contributed by atoms with Crippen molar-refractivity contribution in [3.8, 4) is 11.1 Å². The maximum Gasteiger partial charge on any atom is 0.343 e. The van der Waals surface area contributed by atoms with Crippen molar-refractivity contribution in [3.63, 3.8) is 0 Å². The average Bonchev–Trinajstić information content (AvgIpc) is 3.31. The van der Waals surface area contributed by atoms with E-state index in [1.54, 1.807) is 17.6 Å². The quantitative estimate of drug-likeness (QED) is 0.653. The number of halogens is 1. The van der Waals surface area contributed by atoms with Crippen LogP contribution in [0.2, 0.25) is 5.02 Å². The van der Waals surface area contributed by atoms with Crippen LogP contribution < -0.4 is 4.90 Å². The summed E-state index contributed by atoms with van der Waals surface area (Å²) in [5.74, 6) is 0.504. The Bertz CT molecular complexity index is 963. The number of anilines is 1. The maximum atomic E-state index is 12.2. The van der Waals surface area contributed by atoms with Crippen molar-refractivity contribution in [1.82, 2.24) is 14.6 Å². The van der Waals surface area contributed by atoms with Crippen molar-refractivity contribution >= 4 is 29.0 Å². The van der Waals surface area contributed by atoms with Crippen molar-refractivity contribution in [1.29, 1.82) is 0 Å². The van der Waals surface area contributed by atoms with E-state index in [0.717, 1.165) is 42.9 Å². The van der Waals surface area contributed by atoms with E-state index in [1.165, 1.54) is 6.20 Å². The molecule has 3 aromatic rings. The maximum absolute atomic E-state index is 12.2. The molecule has 4 rings (SSSR count). The summed E-state index contributed by atoms with van der Waals surface area (Å²) in [6.07, 6.45) is 5.54. The monoisotopic (exact) mass is 370 g/mol. The summed E-state index contributed by atoms with van der Waals surface area (Å²) in [4.78, 5) is 19.0. The first-order valence-electron chi connectivity index (χ1n) is 8.74. The molecule has 3 heterocycles. The van der Waals surface area contributed by atoms with Gasteiger partial charge in [-0.3, -0.25) is 0 Å². The molecule has 1 saturated heterocycles. The van der Waals surface area contributed by atoms with Crippen LogP contribution in [-0.4, -0.2) is 40.3 Å². The lowest BCUT2D eigenvalue weighted by Crippen LogP contribution is -2.22. The molecule has 0 unspecified atom stereocenters. The van der Waals surface area contributed by atoms with Gasteiger partial charge in [-0.2, -0.15) is 9.61 Å². The molecule has 0 saturated carbocycles. The number of benzene rings is 1. The molecule has 2 aromatic heterocycles. The van der Waals surface area contributed by atoms with Gasteiger partial charge in [0.25, 0.3) is 0 Å². The van der Waals surface area contributed by atoms with Crippen molar-refractivity contribution in [2.24, 2.45) is 0 Å². The molecule has 0 N–H and O–H groups in total. The molecular weight excluding hydrogens is 352 g/mol. The van der Waals surface area contributed by atoms with E-state index in [-0.39, 0.29) is 0 Å². The van der Waals surface area contributed by atoms with E-state index in [9.17, 15) is 4.79 Å². The summed E-state index contributed by atoms with van der Waals surface area (Å²) >= 11 is 6.44. The molecule has 1 aromatic carbocycles. The van der Waals surface area contributed by atoms with Gasteiger partial charge < -0.3 is 9.64 Å². The number of carbonyl (C=O) groups excluding carboxylic acids is 1. The Hall–Kier alpha value is -2.60. The van der Waals surface area contributed by atoms with Crippen LogP contribution in [-0.2, 0) is 4.74 Å². The summed E-state index contributed by atoms with van der Waals surface area (Å²) < 4.78 is 6.86. The molecule has 0 amide bonds. The van der Waals surface area contributed by atoms with Gasteiger partial charge in [0.2, 0.25) is 0 Å². The van der Waals surface area contributed by atoms with E-state index in [1.807, 2.05) is 24.3 Å². The summed E-state index contributed by atoms with van der Waals surface area (Å²) in [7, 11) is 0. The number of carbonyl (C=O) groups is 1. The standard InChI is InChI=1S/C19H19ClN4O2/c1-2-26-19(25)15-12-22-24-17(15)21-11-14(13-7-3-4-8-16(13)20)18(24)23-9-5-6-10-23/h3-4,7-8,11-12H,2,5-6,9-10H2,1H3. The molecule has 0 bridgehead atoms. The first kappa shape index (κ1) is 16.8. The van der Waals surface area contributed by atoms with E-state index in [2.05, 4.69) is 15.0 Å². The normalized spacial score (nSPS) is 14.2. The lowest BCUT2D eigenvalue weighted by Gasteiger charge is -2.22.